The molecule has 0 aliphatic carbocycles. The Balaban J connectivity index is 1.51. The van der Waals surface area contributed by atoms with Gasteiger partial charge < -0.3 is 5.32 Å². The highest BCUT2D eigenvalue weighted by atomic mass is 32.2. The zero-order chi connectivity index (χ0) is 24.8. The van der Waals surface area contributed by atoms with Gasteiger partial charge in [0.15, 0.2) is 0 Å². The topological polar surface area (TPSA) is 93.1 Å². The van der Waals surface area contributed by atoms with Crippen LogP contribution in [0.4, 0.5) is 0 Å². The van der Waals surface area contributed by atoms with Crippen molar-refractivity contribution in [3.05, 3.63) is 108 Å². The van der Waals surface area contributed by atoms with Gasteiger partial charge >= 0.3 is 0 Å². The molecular weight excluding hydrogens is 460 g/mol. The Hall–Kier alpha value is -3.75. The number of rotatable bonds is 9. The molecule has 4 aromatic rings. The maximum atomic E-state index is 12.8. The smallest absolute Gasteiger partial charge is 0.251 e. The van der Waals surface area contributed by atoms with E-state index in [0.29, 0.717) is 12.1 Å². The number of hydrogen-bond donors (Lipinski definition) is 2. The molecule has 180 valence electrons. The van der Waals surface area contributed by atoms with Gasteiger partial charge in [0.2, 0.25) is 10.0 Å². The van der Waals surface area contributed by atoms with E-state index >= 15 is 0 Å². The molecule has 0 fully saturated rings. The predicted molar refractivity (Wildman–Crippen MR) is 136 cm³/mol. The number of aromatic nitrogens is 2. The Labute approximate surface area is 205 Å². The number of nitrogens with zero attached hydrogens (tertiary/aromatic N) is 2. The molecule has 0 radical (unpaired) electrons. The van der Waals surface area contributed by atoms with Crippen molar-refractivity contribution in [2.45, 2.75) is 37.9 Å². The minimum Gasteiger partial charge on any atom is -0.348 e. The fourth-order valence-electron chi connectivity index (χ4n) is 3.72. The molecule has 0 saturated heterocycles. The van der Waals surface area contributed by atoms with E-state index in [9.17, 15) is 13.2 Å². The number of carbonyl (C=O) groups is 1. The molecule has 2 N–H and O–H groups in total. The van der Waals surface area contributed by atoms with E-state index < -0.39 is 10.0 Å². The second-order valence-corrected chi connectivity index (χ2v) is 10.2. The highest BCUT2D eigenvalue weighted by molar-refractivity contribution is 7.89. The standard InChI is InChI=1S/C27H28N4O3S/c1-20(2)30-35(33,34)25-15-13-23(14-16-25)27(32)28-17-24-19-31(18-21-9-5-3-6-10-21)29-26(24)22-11-7-4-8-12-22/h3-16,19-20,30H,17-18H2,1-2H3,(H,28,32). The van der Waals surface area contributed by atoms with Crippen LogP contribution in [0.1, 0.15) is 35.3 Å². The second-order valence-electron chi connectivity index (χ2n) is 8.54. The maximum absolute atomic E-state index is 12.8. The molecule has 3 aromatic carbocycles. The van der Waals surface area contributed by atoms with Crippen LogP contribution in [0.2, 0.25) is 0 Å². The van der Waals surface area contributed by atoms with Gasteiger partial charge in [0.25, 0.3) is 5.91 Å². The number of nitrogens with one attached hydrogen (secondary N) is 2. The van der Waals surface area contributed by atoms with Crippen molar-refractivity contribution < 1.29 is 13.2 Å². The van der Waals surface area contributed by atoms with Crippen LogP contribution >= 0.6 is 0 Å². The molecule has 4 rings (SSSR count). The van der Waals surface area contributed by atoms with Gasteiger partial charge in [0, 0.05) is 35.5 Å². The first-order valence-corrected chi connectivity index (χ1v) is 12.9. The first-order valence-electron chi connectivity index (χ1n) is 11.4. The quantitative estimate of drug-likeness (QED) is 0.369. The minimum absolute atomic E-state index is 0.122. The molecule has 0 aliphatic rings. The summed E-state index contributed by atoms with van der Waals surface area (Å²) in [6.07, 6.45) is 1.95. The monoisotopic (exact) mass is 488 g/mol. The van der Waals surface area contributed by atoms with Crippen LogP contribution in [0.3, 0.4) is 0 Å². The van der Waals surface area contributed by atoms with Gasteiger partial charge in [-0.25, -0.2) is 13.1 Å². The summed E-state index contributed by atoms with van der Waals surface area (Å²) >= 11 is 0. The van der Waals surface area contributed by atoms with Crippen molar-refractivity contribution in [2.24, 2.45) is 0 Å². The molecule has 0 unspecified atom stereocenters. The zero-order valence-corrected chi connectivity index (χ0v) is 20.5. The van der Waals surface area contributed by atoms with Crippen LogP contribution in [-0.2, 0) is 23.1 Å². The molecule has 1 aromatic heterocycles. The zero-order valence-electron chi connectivity index (χ0n) is 19.7. The largest absolute Gasteiger partial charge is 0.348 e. The first-order chi connectivity index (χ1) is 16.8. The number of amides is 1. The third kappa shape index (κ3) is 6.23. The number of carbonyl (C=O) groups excluding carboxylic acids is 1. The summed E-state index contributed by atoms with van der Waals surface area (Å²) in [4.78, 5) is 12.9. The Bertz CT molecular complexity index is 1380. The Morgan fingerprint density at radius 1 is 0.914 bits per heavy atom. The molecule has 8 heteroatoms. The van der Waals surface area contributed by atoms with E-state index in [1.54, 1.807) is 13.8 Å². The lowest BCUT2D eigenvalue weighted by atomic mass is 10.1. The van der Waals surface area contributed by atoms with Gasteiger partial charge in [-0.3, -0.25) is 9.48 Å². The molecule has 0 atom stereocenters. The highest BCUT2D eigenvalue weighted by Crippen LogP contribution is 2.22. The van der Waals surface area contributed by atoms with E-state index in [0.717, 1.165) is 22.4 Å². The summed E-state index contributed by atoms with van der Waals surface area (Å²) < 4.78 is 29.0. The van der Waals surface area contributed by atoms with Crippen LogP contribution < -0.4 is 10.0 Å². The van der Waals surface area contributed by atoms with Crippen LogP contribution in [0.15, 0.2) is 96.0 Å². The molecule has 0 aliphatic heterocycles. The Kier molecular flexibility index (Phi) is 7.43. The molecule has 7 nitrogen and oxygen atoms in total. The van der Waals surface area contributed by atoms with E-state index in [-0.39, 0.29) is 23.4 Å². The van der Waals surface area contributed by atoms with Gasteiger partial charge in [0.1, 0.15) is 0 Å². The van der Waals surface area contributed by atoms with Crippen LogP contribution in [-0.4, -0.2) is 30.1 Å². The van der Waals surface area contributed by atoms with Gasteiger partial charge in [-0.15, -0.1) is 0 Å². The van der Waals surface area contributed by atoms with Crippen molar-refractivity contribution in [3.8, 4) is 11.3 Å². The lowest BCUT2D eigenvalue weighted by molar-refractivity contribution is 0.0951. The fraction of sp³-hybridized carbons (Fsp3) is 0.185. The van der Waals surface area contributed by atoms with Crippen molar-refractivity contribution in [3.63, 3.8) is 0 Å². The summed E-state index contributed by atoms with van der Waals surface area (Å²) in [5.41, 5.74) is 4.18. The van der Waals surface area contributed by atoms with Crippen LogP contribution in [0, 0.1) is 0 Å². The average molecular weight is 489 g/mol. The fourth-order valence-corrected chi connectivity index (χ4v) is 4.98. The summed E-state index contributed by atoms with van der Waals surface area (Å²) in [5, 5.41) is 7.72. The first kappa shape index (κ1) is 24.4. The van der Waals surface area contributed by atoms with Crippen molar-refractivity contribution in [1.29, 1.82) is 0 Å². The Morgan fingerprint density at radius 3 is 2.17 bits per heavy atom. The summed E-state index contributed by atoms with van der Waals surface area (Å²) in [5.74, 6) is -0.291. The summed E-state index contributed by atoms with van der Waals surface area (Å²) in [7, 11) is -3.61. The molecule has 0 spiro atoms. The lowest BCUT2D eigenvalue weighted by Gasteiger charge is -2.10. The van der Waals surface area contributed by atoms with Crippen molar-refractivity contribution >= 4 is 15.9 Å². The van der Waals surface area contributed by atoms with Crippen LogP contribution in [0.5, 0.6) is 0 Å². The number of hydrogen-bond acceptors (Lipinski definition) is 4. The maximum Gasteiger partial charge on any atom is 0.251 e. The van der Waals surface area contributed by atoms with E-state index in [4.69, 9.17) is 5.10 Å². The van der Waals surface area contributed by atoms with E-state index in [1.165, 1.54) is 24.3 Å². The molecule has 1 amide bonds. The average Bonchev–Trinajstić information content (AvgIpc) is 3.25. The SMILES string of the molecule is CC(C)NS(=O)(=O)c1ccc(C(=O)NCc2cn(Cc3ccccc3)nc2-c2ccccc2)cc1. The molecule has 1 heterocycles. The Morgan fingerprint density at radius 2 is 1.54 bits per heavy atom. The van der Waals surface area contributed by atoms with Gasteiger partial charge in [-0.05, 0) is 43.7 Å². The summed E-state index contributed by atoms with van der Waals surface area (Å²) in [6, 6.07) is 25.6. The van der Waals surface area contributed by atoms with Gasteiger partial charge in [-0.2, -0.15) is 5.10 Å². The molecule has 35 heavy (non-hydrogen) atoms. The second kappa shape index (κ2) is 10.7. The third-order valence-corrected chi connectivity index (χ3v) is 7.00. The van der Waals surface area contributed by atoms with Crippen molar-refractivity contribution in [1.82, 2.24) is 19.8 Å². The highest BCUT2D eigenvalue weighted by Gasteiger charge is 2.17. The van der Waals surface area contributed by atoms with Gasteiger partial charge in [-0.1, -0.05) is 60.7 Å². The normalized spacial score (nSPS) is 11.5. The lowest BCUT2D eigenvalue weighted by Crippen LogP contribution is -2.30. The van der Waals surface area contributed by atoms with E-state index in [1.807, 2.05) is 71.5 Å². The molecular formula is C27H28N4O3S. The van der Waals surface area contributed by atoms with Crippen molar-refractivity contribution in [2.75, 3.05) is 0 Å². The molecule has 0 saturated carbocycles. The molecule has 0 bridgehead atoms. The summed E-state index contributed by atoms with van der Waals surface area (Å²) in [6.45, 7) is 4.41. The number of benzene rings is 3. The predicted octanol–water partition coefficient (Wildman–Crippen LogP) is 4.22. The number of sulfonamides is 1. The van der Waals surface area contributed by atoms with Gasteiger partial charge in [0.05, 0.1) is 17.1 Å². The third-order valence-electron chi connectivity index (χ3n) is 5.33. The van der Waals surface area contributed by atoms with E-state index in [2.05, 4.69) is 10.0 Å². The van der Waals surface area contributed by atoms with Crippen LogP contribution in [0.25, 0.3) is 11.3 Å². The minimum atomic E-state index is -3.61.